The van der Waals surface area contributed by atoms with Gasteiger partial charge in [0, 0.05) is 12.6 Å². The normalized spacial score (nSPS) is 14.1. The standard InChI is InChI=1S/C15H13ClN2S/c16-14-2-1-3-15(13(14)8-17)18(12-4-5-12)9-11-6-7-19-10-11/h1-3,6-7,10,12H,4-5,9H2. The Bertz CT molecular complexity index is 612. The highest BCUT2D eigenvalue weighted by Gasteiger charge is 2.31. The molecule has 0 spiro atoms. The van der Waals surface area contributed by atoms with Crippen LogP contribution in [0.3, 0.4) is 0 Å². The summed E-state index contributed by atoms with van der Waals surface area (Å²) in [6, 6.07) is 10.6. The van der Waals surface area contributed by atoms with Crippen LogP contribution in [0.5, 0.6) is 0 Å². The van der Waals surface area contributed by atoms with Gasteiger partial charge in [-0.1, -0.05) is 17.7 Å². The van der Waals surface area contributed by atoms with Gasteiger partial charge in [0.1, 0.15) is 6.07 Å². The molecule has 19 heavy (non-hydrogen) atoms. The van der Waals surface area contributed by atoms with Gasteiger partial charge >= 0.3 is 0 Å². The van der Waals surface area contributed by atoms with Crippen LogP contribution in [0.4, 0.5) is 5.69 Å². The zero-order valence-corrected chi connectivity index (χ0v) is 11.9. The van der Waals surface area contributed by atoms with E-state index < -0.39 is 0 Å². The monoisotopic (exact) mass is 288 g/mol. The number of thiophene rings is 1. The second kappa shape index (κ2) is 5.24. The molecule has 0 radical (unpaired) electrons. The highest BCUT2D eigenvalue weighted by Crippen LogP contribution is 2.36. The van der Waals surface area contributed by atoms with E-state index in [1.54, 1.807) is 17.4 Å². The first-order chi connectivity index (χ1) is 9.29. The average molecular weight is 289 g/mol. The Hall–Kier alpha value is -1.50. The van der Waals surface area contributed by atoms with Gasteiger partial charge in [0.15, 0.2) is 0 Å². The summed E-state index contributed by atoms with van der Waals surface area (Å²) in [5.41, 5.74) is 2.84. The first-order valence-electron chi connectivity index (χ1n) is 6.26. The van der Waals surface area contributed by atoms with E-state index in [4.69, 9.17) is 11.6 Å². The minimum Gasteiger partial charge on any atom is -0.363 e. The van der Waals surface area contributed by atoms with E-state index in [0.29, 0.717) is 16.6 Å². The van der Waals surface area contributed by atoms with Crippen LogP contribution in [0.25, 0.3) is 0 Å². The molecule has 0 atom stereocenters. The fraction of sp³-hybridized carbons (Fsp3) is 0.267. The summed E-state index contributed by atoms with van der Waals surface area (Å²) in [7, 11) is 0. The summed E-state index contributed by atoms with van der Waals surface area (Å²) in [5.74, 6) is 0. The molecule has 1 heterocycles. The van der Waals surface area contributed by atoms with Gasteiger partial charge in [-0.05, 0) is 47.4 Å². The van der Waals surface area contributed by atoms with Crippen LogP contribution >= 0.6 is 22.9 Å². The number of benzene rings is 1. The second-order valence-electron chi connectivity index (χ2n) is 4.74. The van der Waals surface area contributed by atoms with Gasteiger partial charge in [0.2, 0.25) is 0 Å². The van der Waals surface area contributed by atoms with Crippen LogP contribution in [0.1, 0.15) is 24.0 Å². The van der Waals surface area contributed by atoms with Gasteiger partial charge in [0.25, 0.3) is 0 Å². The highest BCUT2D eigenvalue weighted by atomic mass is 35.5. The summed E-state index contributed by atoms with van der Waals surface area (Å²) in [5, 5.41) is 14.1. The maximum Gasteiger partial charge on any atom is 0.103 e. The van der Waals surface area contributed by atoms with Crippen LogP contribution in [-0.2, 0) is 6.54 Å². The quantitative estimate of drug-likeness (QED) is 0.831. The van der Waals surface area contributed by atoms with Crippen molar-refractivity contribution in [1.29, 1.82) is 5.26 Å². The molecule has 4 heteroatoms. The first-order valence-corrected chi connectivity index (χ1v) is 7.58. The third kappa shape index (κ3) is 2.60. The molecule has 1 saturated carbocycles. The van der Waals surface area contributed by atoms with E-state index in [1.807, 2.05) is 12.1 Å². The van der Waals surface area contributed by atoms with Gasteiger partial charge in [-0.15, -0.1) is 0 Å². The number of nitriles is 1. The molecular formula is C15H13ClN2S. The largest absolute Gasteiger partial charge is 0.363 e. The molecule has 2 nitrogen and oxygen atoms in total. The minimum atomic E-state index is 0.538. The minimum absolute atomic E-state index is 0.538. The third-order valence-electron chi connectivity index (χ3n) is 3.33. The van der Waals surface area contributed by atoms with E-state index >= 15 is 0 Å². The fourth-order valence-electron chi connectivity index (χ4n) is 2.24. The predicted octanol–water partition coefficient (Wildman–Crippen LogP) is 4.44. The second-order valence-corrected chi connectivity index (χ2v) is 5.92. The molecule has 96 valence electrons. The number of rotatable bonds is 4. The lowest BCUT2D eigenvalue weighted by Gasteiger charge is -2.25. The number of hydrogen-bond donors (Lipinski definition) is 0. The molecule has 3 rings (SSSR count). The molecule has 1 fully saturated rings. The van der Waals surface area contributed by atoms with Crippen LogP contribution in [-0.4, -0.2) is 6.04 Å². The van der Waals surface area contributed by atoms with Crippen molar-refractivity contribution in [1.82, 2.24) is 0 Å². The summed E-state index contributed by atoms with van der Waals surface area (Å²) in [6.07, 6.45) is 2.39. The van der Waals surface area contributed by atoms with Crippen LogP contribution < -0.4 is 4.90 Å². The van der Waals surface area contributed by atoms with E-state index in [2.05, 4.69) is 27.8 Å². The lowest BCUT2D eigenvalue weighted by Crippen LogP contribution is -2.25. The predicted molar refractivity (Wildman–Crippen MR) is 79.7 cm³/mol. The summed E-state index contributed by atoms with van der Waals surface area (Å²) < 4.78 is 0. The van der Waals surface area contributed by atoms with Crippen molar-refractivity contribution in [2.45, 2.75) is 25.4 Å². The van der Waals surface area contributed by atoms with Gasteiger partial charge in [0.05, 0.1) is 16.3 Å². The topological polar surface area (TPSA) is 27.0 Å². The average Bonchev–Trinajstić information content (AvgIpc) is 3.13. The molecule has 1 aliphatic carbocycles. The summed E-state index contributed by atoms with van der Waals surface area (Å²) in [4.78, 5) is 2.31. The molecule has 2 aromatic rings. The molecule has 1 aromatic carbocycles. The molecule has 0 N–H and O–H groups in total. The Labute approximate surface area is 121 Å². The molecule has 0 amide bonds. The Morgan fingerprint density at radius 2 is 2.21 bits per heavy atom. The van der Waals surface area contributed by atoms with E-state index in [9.17, 15) is 5.26 Å². The Kier molecular flexibility index (Phi) is 3.46. The van der Waals surface area contributed by atoms with Crippen molar-refractivity contribution in [2.75, 3.05) is 4.90 Å². The number of halogens is 1. The van der Waals surface area contributed by atoms with Crippen molar-refractivity contribution in [3.63, 3.8) is 0 Å². The van der Waals surface area contributed by atoms with Crippen LogP contribution in [0.15, 0.2) is 35.0 Å². The molecule has 0 unspecified atom stereocenters. The third-order valence-corrected chi connectivity index (χ3v) is 4.38. The zero-order valence-electron chi connectivity index (χ0n) is 10.3. The highest BCUT2D eigenvalue weighted by molar-refractivity contribution is 7.07. The van der Waals surface area contributed by atoms with Gasteiger partial charge in [-0.3, -0.25) is 0 Å². The van der Waals surface area contributed by atoms with Crippen molar-refractivity contribution in [3.8, 4) is 6.07 Å². The number of nitrogens with zero attached hydrogens (tertiary/aromatic N) is 2. The maximum atomic E-state index is 9.32. The number of hydrogen-bond acceptors (Lipinski definition) is 3. The van der Waals surface area contributed by atoms with Crippen molar-refractivity contribution in [3.05, 3.63) is 51.2 Å². The van der Waals surface area contributed by atoms with Crippen molar-refractivity contribution >= 4 is 28.6 Å². The molecule has 1 aromatic heterocycles. The summed E-state index contributed by atoms with van der Waals surface area (Å²) in [6.45, 7) is 0.850. The van der Waals surface area contributed by atoms with Gasteiger partial charge < -0.3 is 4.90 Å². The zero-order chi connectivity index (χ0) is 13.2. The molecule has 0 saturated heterocycles. The molecular weight excluding hydrogens is 276 g/mol. The summed E-state index contributed by atoms with van der Waals surface area (Å²) >= 11 is 7.84. The Morgan fingerprint density at radius 3 is 2.84 bits per heavy atom. The Balaban J connectivity index is 1.97. The van der Waals surface area contributed by atoms with E-state index in [0.717, 1.165) is 12.2 Å². The SMILES string of the molecule is N#Cc1c(Cl)cccc1N(Cc1ccsc1)C1CC1. The van der Waals surface area contributed by atoms with E-state index in [-0.39, 0.29) is 0 Å². The maximum absolute atomic E-state index is 9.32. The van der Waals surface area contributed by atoms with Gasteiger partial charge in [-0.25, -0.2) is 0 Å². The first kappa shape index (κ1) is 12.5. The molecule has 0 bridgehead atoms. The lowest BCUT2D eigenvalue weighted by molar-refractivity contribution is 0.795. The Morgan fingerprint density at radius 1 is 1.37 bits per heavy atom. The van der Waals surface area contributed by atoms with Crippen LogP contribution in [0, 0.1) is 11.3 Å². The van der Waals surface area contributed by atoms with Gasteiger partial charge in [-0.2, -0.15) is 16.6 Å². The fourth-order valence-corrected chi connectivity index (χ4v) is 3.11. The number of anilines is 1. The molecule has 0 aliphatic heterocycles. The van der Waals surface area contributed by atoms with Crippen molar-refractivity contribution in [2.24, 2.45) is 0 Å². The molecule has 1 aliphatic rings. The smallest absolute Gasteiger partial charge is 0.103 e. The van der Waals surface area contributed by atoms with Crippen LogP contribution in [0.2, 0.25) is 5.02 Å². The van der Waals surface area contributed by atoms with Crippen molar-refractivity contribution < 1.29 is 0 Å². The van der Waals surface area contributed by atoms with E-state index in [1.165, 1.54) is 18.4 Å². The lowest BCUT2D eigenvalue weighted by atomic mass is 10.1.